The van der Waals surface area contributed by atoms with Crippen LogP contribution in [0.4, 0.5) is 0 Å². The molecule has 0 saturated heterocycles. The van der Waals surface area contributed by atoms with Crippen LogP contribution in [0.25, 0.3) is 0 Å². The molecule has 1 unspecified atom stereocenters. The third kappa shape index (κ3) is 9.48. The number of nitrogens with one attached hydrogen (secondary N) is 1. The molecule has 0 heterocycles. The molecule has 0 aromatic heterocycles. The monoisotopic (exact) mass is 261 g/mol. The first-order chi connectivity index (χ1) is 8.11. The smallest absolute Gasteiger partial charge is 0.323 e. The van der Waals surface area contributed by atoms with E-state index in [0.717, 1.165) is 24.6 Å². The SMILES string of the molecule is CCNC(CCSCCC(C)C)C(=O)OCC. The molecule has 0 amide bonds. The van der Waals surface area contributed by atoms with Crippen LogP contribution in [-0.4, -0.2) is 36.7 Å². The first-order valence-corrected chi connectivity index (χ1v) is 7.75. The average Bonchev–Trinajstić information content (AvgIpc) is 2.27. The predicted molar refractivity (Wildman–Crippen MR) is 75.5 cm³/mol. The van der Waals surface area contributed by atoms with E-state index < -0.39 is 0 Å². The zero-order chi connectivity index (χ0) is 13.1. The molecule has 1 atom stereocenters. The fraction of sp³-hybridized carbons (Fsp3) is 0.923. The van der Waals surface area contributed by atoms with Crippen LogP contribution < -0.4 is 5.32 Å². The van der Waals surface area contributed by atoms with E-state index >= 15 is 0 Å². The number of ether oxygens (including phenoxy) is 1. The Balaban J connectivity index is 3.73. The maximum absolute atomic E-state index is 11.6. The molecule has 0 radical (unpaired) electrons. The number of rotatable bonds is 10. The molecular formula is C13H27NO2S. The van der Waals surface area contributed by atoms with Gasteiger partial charge in [-0.15, -0.1) is 0 Å². The van der Waals surface area contributed by atoms with Gasteiger partial charge in [-0.1, -0.05) is 20.8 Å². The molecule has 3 nitrogen and oxygen atoms in total. The number of carbonyl (C=O) groups is 1. The second kappa shape index (κ2) is 10.9. The molecule has 0 spiro atoms. The number of hydrogen-bond acceptors (Lipinski definition) is 4. The molecule has 1 N–H and O–H groups in total. The van der Waals surface area contributed by atoms with Gasteiger partial charge in [0.15, 0.2) is 0 Å². The molecule has 102 valence electrons. The summed E-state index contributed by atoms with van der Waals surface area (Å²) in [6.45, 7) is 9.60. The van der Waals surface area contributed by atoms with E-state index in [9.17, 15) is 4.79 Å². The molecule has 0 aromatic rings. The van der Waals surface area contributed by atoms with Crippen LogP contribution in [0.2, 0.25) is 0 Å². The quantitative estimate of drug-likeness (QED) is 0.485. The topological polar surface area (TPSA) is 38.3 Å². The molecule has 0 aliphatic heterocycles. The number of hydrogen-bond donors (Lipinski definition) is 1. The van der Waals surface area contributed by atoms with Crippen molar-refractivity contribution in [3.63, 3.8) is 0 Å². The maximum atomic E-state index is 11.6. The zero-order valence-electron chi connectivity index (χ0n) is 11.6. The highest BCUT2D eigenvalue weighted by Crippen LogP contribution is 2.11. The molecule has 17 heavy (non-hydrogen) atoms. The Morgan fingerprint density at radius 2 is 1.88 bits per heavy atom. The summed E-state index contributed by atoms with van der Waals surface area (Å²) < 4.78 is 5.04. The van der Waals surface area contributed by atoms with Gasteiger partial charge in [-0.05, 0) is 43.7 Å². The molecule has 0 aliphatic carbocycles. The van der Waals surface area contributed by atoms with Gasteiger partial charge in [0.1, 0.15) is 6.04 Å². The minimum absolute atomic E-state index is 0.112. The van der Waals surface area contributed by atoms with Crippen LogP contribution >= 0.6 is 11.8 Å². The first kappa shape index (κ1) is 16.8. The molecular weight excluding hydrogens is 234 g/mol. The summed E-state index contributed by atoms with van der Waals surface area (Å²) in [5.74, 6) is 2.85. The Hall–Kier alpha value is -0.220. The lowest BCUT2D eigenvalue weighted by atomic mass is 10.2. The van der Waals surface area contributed by atoms with Gasteiger partial charge in [-0.2, -0.15) is 11.8 Å². The Kier molecular flexibility index (Phi) is 10.8. The maximum Gasteiger partial charge on any atom is 0.323 e. The van der Waals surface area contributed by atoms with E-state index in [4.69, 9.17) is 4.74 Å². The third-order valence-electron chi connectivity index (χ3n) is 2.41. The van der Waals surface area contributed by atoms with E-state index in [0.29, 0.717) is 6.61 Å². The van der Waals surface area contributed by atoms with Crippen LogP contribution in [-0.2, 0) is 9.53 Å². The van der Waals surface area contributed by atoms with Crippen molar-refractivity contribution in [1.82, 2.24) is 5.32 Å². The third-order valence-corrected chi connectivity index (χ3v) is 3.46. The predicted octanol–water partition coefficient (Wildman–Crippen LogP) is 2.70. The molecule has 0 rings (SSSR count). The summed E-state index contributed by atoms with van der Waals surface area (Å²) in [7, 11) is 0. The van der Waals surface area contributed by atoms with Crippen molar-refractivity contribution in [2.24, 2.45) is 5.92 Å². The lowest BCUT2D eigenvalue weighted by molar-refractivity contribution is -0.145. The second-order valence-electron chi connectivity index (χ2n) is 4.45. The number of likely N-dealkylation sites (N-methyl/N-ethyl adjacent to an activating group) is 1. The lowest BCUT2D eigenvalue weighted by Crippen LogP contribution is -2.38. The average molecular weight is 261 g/mol. The highest BCUT2D eigenvalue weighted by Gasteiger charge is 2.17. The van der Waals surface area contributed by atoms with Crippen molar-refractivity contribution in [3.8, 4) is 0 Å². The Labute approximate surface area is 110 Å². The van der Waals surface area contributed by atoms with Crippen molar-refractivity contribution in [2.45, 2.75) is 46.6 Å². The summed E-state index contributed by atoms with van der Waals surface area (Å²) in [5.41, 5.74) is 0. The van der Waals surface area contributed by atoms with Crippen molar-refractivity contribution in [3.05, 3.63) is 0 Å². The van der Waals surface area contributed by atoms with Gasteiger partial charge < -0.3 is 10.1 Å². The van der Waals surface area contributed by atoms with Crippen LogP contribution in [0.15, 0.2) is 0 Å². The lowest BCUT2D eigenvalue weighted by Gasteiger charge is -2.16. The van der Waals surface area contributed by atoms with Gasteiger partial charge in [0.2, 0.25) is 0 Å². The standard InChI is InChI=1S/C13H27NO2S/c1-5-14-12(13(15)16-6-2)8-10-17-9-7-11(3)4/h11-12,14H,5-10H2,1-4H3. The van der Waals surface area contributed by atoms with Crippen molar-refractivity contribution < 1.29 is 9.53 Å². The van der Waals surface area contributed by atoms with E-state index in [1.807, 2.05) is 25.6 Å². The van der Waals surface area contributed by atoms with Crippen LogP contribution in [0.3, 0.4) is 0 Å². The highest BCUT2D eigenvalue weighted by molar-refractivity contribution is 7.99. The summed E-state index contributed by atoms with van der Waals surface area (Å²) in [5, 5.41) is 3.18. The van der Waals surface area contributed by atoms with Crippen LogP contribution in [0.5, 0.6) is 0 Å². The Bertz CT molecular complexity index is 198. The van der Waals surface area contributed by atoms with Gasteiger partial charge in [0.25, 0.3) is 0 Å². The molecule has 0 aromatic carbocycles. The Morgan fingerprint density at radius 3 is 2.41 bits per heavy atom. The minimum Gasteiger partial charge on any atom is -0.465 e. The Morgan fingerprint density at radius 1 is 1.24 bits per heavy atom. The van der Waals surface area contributed by atoms with E-state index in [2.05, 4.69) is 19.2 Å². The molecule has 0 saturated carbocycles. The van der Waals surface area contributed by atoms with Gasteiger partial charge >= 0.3 is 5.97 Å². The van der Waals surface area contributed by atoms with Crippen molar-refractivity contribution in [1.29, 1.82) is 0 Å². The number of esters is 1. The number of thioether (sulfide) groups is 1. The van der Waals surface area contributed by atoms with E-state index in [-0.39, 0.29) is 12.0 Å². The zero-order valence-corrected chi connectivity index (χ0v) is 12.4. The summed E-state index contributed by atoms with van der Waals surface area (Å²) in [6, 6.07) is -0.133. The summed E-state index contributed by atoms with van der Waals surface area (Å²) >= 11 is 1.92. The molecule has 0 bridgehead atoms. The summed E-state index contributed by atoms with van der Waals surface area (Å²) in [4.78, 5) is 11.6. The van der Waals surface area contributed by atoms with Crippen LogP contribution in [0.1, 0.15) is 40.5 Å². The first-order valence-electron chi connectivity index (χ1n) is 6.59. The highest BCUT2D eigenvalue weighted by atomic mass is 32.2. The normalized spacial score (nSPS) is 12.8. The minimum atomic E-state index is -0.133. The summed E-state index contributed by atoms with van der Waals surface area (Å²) in [6.07, 6.45) is 2.10. The molecule has 4 heteroatoms. The van der Waals surface area contributed by atoms with Gasteiger partial charge in [0.05, 0.1) is 6.61 Å². The van der Waals surface area contributed by atoms with Crippen molar-refractivity contribution >= 4 is 17.7 Å². The van der Waals surface area contributed by atoms with Gasteiger partial charge in [-0.3, -0.25) is 4.79 Å². The van der Waals surface area contributed by atoms with Gasteiger partial charge in [0, 0.05) is 0 Å². The van der Waals surface area contributed by atoms with E-state index in [1.165, 1.54) is 12.2 Å². The van der Waals surface area contributed by atoms with Crippen molar-refractivity contribution in [2.75, 3.05) is 24.7 Å². The van der Waals surface area contributed by atoms with Gasteiger partial charge in [-0.25, -0.2) is 0 Å². The molecule has 0 aliphatic rings. The second-order valence-corrected chi connectivity index (χ2v) is 5.67. The van der Waals surface area contributed by atoms with Crippen LogP contribution in [0, 0.1) is 5.92 Å². The van der Waals surface area contributed by atoms with E-state index in [1.54, 1.807) is 0 Å². The largest absolute Gasteiger partial charge is 0.465 e. The molecule has 0 fully saturated rings. The number of carbonyl (C=O) groups excluding carboxylic acids is 1. The fourth-order valence-electron chi connectivity index (χ4n) is 1.41. The fourth-order valence-corrected chi connectivity index (χ4v) is 2.66.